The van der Waals surface area contributed by atoms with Crippen LogP contribution < -0.4 is 10.1 Å². The molecule has 1 saturated heterocycles. The van der Waals surface area contributed by atoms with E-state index in [4.69, 9.17) is 21.1 Å². The van der Waals surface area contributed by atoms with Gasteiger partial charge in [0.05, 0.1) is 31.0 Å². The summed E-state index contributed by atoms with van der Waals surface area (Å²) in [4.78, 5) is 14.5. The van der Waals surface area contributed by atoms with Crippen LogP contribution in [0.4, 0.5) is 5.69 Å². The van der Waals surface area contributed by atoms with Gasteiger partial charge in [-0.05, 0) is 31.0 Å². The highest BCUT2D eigenvalue weighted by Crippen LogP contribution is 2.35. The van der Waals surface area contributed by atoms with Gasteiger partial charge < -0.3 is 14.8 Å². The van der Waals surface area contributed by atoms with Gasteiger partial charge in [0.15, 0.2) is 0 Å². The van der Waals surface area contributed by atoms with Crippen LogP contribution >= 0.6 is 11.6 Å². The molecular weight excluding hydrogens is 380 g/mol. The molecule has 1 saturated carbocycles. The first kappa shape index (κ1) is 19.2. The zero-order valence-corrected chi connectivity index (χ0v) is 16.5. The summed E-state index contributed by atoms with van der Waals surface area (Å²) in [6, 6.07) is 5.70. The number of nitrogens with one attached hydrogen (secondary N) is 2. The third-order valence-corrected chi connectivity index (χ3v) is 5.38. The van der Waals surface area contributed by atoms with Crippen LogP contribution in [0.5, 0.6) is 5.75 Å². The molecule has 2 N–H and O–H groups in total. The molecule has 2 fully saturated rings. The van der Waals surface area contributed by atoms with Gasteiger partial charge in [0, 0.05) is 42.4 Å². The predicted molar refractivity (Wildman–Crippen MR) is 108 cm³/mol. The predicted octanol–water partition coefficient (Wildman–Crippen LogP) is 2.88. The molecule has 7 nitrogen and oxygen atoms in total. The number of rotatable bonds is 8. The molecule has 2 aromatic rings. The van der Waals surface area contributed by atoms with Crippen molar-refractivity contribution in [3.8, 4) is 17.0 Å². The van der Waals surface area contributed by atoms with Crippen molar-refractivity contribution in [3.63, 3.8) is 0 Å². The van der Waals surface area contributed by atoms with Crippen molar-refractivity contribution in [1.82, 2.24) is 15.1 Å². The van der Waals surface area contributed by atoms with Gasteiger partial charge in [-0.1, -0.05) is 0 Å². The Hall–Kier alpha value is -2.09. The molecular formula is C20H25ClN4O3. The maximum atomic E-state index is 12.1. The number of hydrogen-bond acceptors (Lipinski definition) is 5. The van der Waals surface area contributed by atoms with Crippen molar-refractivity contribution in [2.24, 2.45) is 5.92 Å². The van der Waals surface area contributed by atoms with Crippen LogP contribution in [0, 0.1) is 5.92 Å². The number of halogens is 1. The number of carbonyl (C=O) groups is 1. The van der Waals surface area contributed by atoms with Crippen LogP contribution in [0.15, 0.2) is 24.4 Å². The van der Waals surface area contributed by atoms with Gasteiger partial charge in [-0.15, -0.1) is 11.6 Å². The Kier molecular flexibility index (Phi) is 6.14. The molecule has 0 spiro atoms. The van der Waals surface area contributed by atoms with E-state index in [-0.39, 0.29) is 11.8 Å². The van der Waals surface area contributed by atoms with E-state index in [0.717, 1.165) is 73.9 Å². The number of H-pyrrole nitrogens is 1. The second-order valence-electron chi connectivity index (χ2n) is 7.18. The van der Waals surface area contributed by atoms with Crippen molar-refractivity contribution in [1.29, 1.82) is 0 Å². The number of benzene rings is 1. The molecule has 2 heterocycles. The molecule has 4 rings (SSSR count). The highest BCUT2D eigenvalue weighted by Gasteiger charge is 2.29. The standard InChI is InChI=1S/C20H25ClN4O3/c21-12-15-13-22-24-19(15)17-11-16(23-20(26)14-1-2-14)3-4-18(17)28-10-7-25-5-8-27-9-6-25/h3-4,11,13-14H,1-2,5-10,12H2,(H,22,24)(H,23,26). The number of morpholine rings is 1. The number of ether oxygens (including phenoxy) is 2. The monoisotopic (exact) mass is 404 g/mol. The lowest BCUT2D eigenvalue weighted by atomic mass is 10.1. The summed E-state index contributed by atoms with van der Waals surface area (Å²) in [5.41, 5.74) is 3.32. The van der Waals surface area contributed by atoms with Gasteiger partial charge in [0.1, 0.15) is 12.4 Å². The lowest BCUT2D eigenvalue weighted by Crippen LogP contribution is -2.38. The van der Waals surface area contributed by atoms with E-state index in [1.54, 1.807) is 6.20 Å². The van der Waals surface area contributed by atoms with Gasteiger partial charge in [-0.3, -0.25) is 14.8 Å². The van der Waals surface area contributed by atoms with Crippen LogP contribution in [0.3, 0.4) is 0 Å². The molecule has 2 aliphatic rings. The molecule has 28 heavy (non-hydrogen) atoms. The lowest BCUT2D eigenvalue weighted by molar-refractivity contribution is -0.117. The number of hydrogen-bond donors (Lipinski definition) is 2. The Labute approximate surface area is 169 Å². The molecule has 1 aliphatic carbocycles. The fourth-order valence-electron chi connectivity index (χ4n) is 3.27. The van der Waals surface area contributed by atoms with Crippen molar-refractivity contribution in [3.05, 3.63) is 30.0 Å². The minimum Gasteiger partial charge on any atom is -0.492 e. The summed E-state index contributed by atoms with van der Waals surface area (Å²) >= 11 is 6.07. The molecule has 150 valence electrons. The largest absolute Gasteiger partial charge is 0.492 e. The molecule has 1 amide bonds. The average molecular weight is 405 g/mol. The second kappa shape index (κ2) is 8.94. The summed E-state index contributed by atoms with van der Waals surface area (Å²) in [5, 5.41) is 10.1. The van der Waals surface area contributed by atoms with Gasteiger partial charge in [0.2, 0.25) is 5.91 Å². The summed E-state index contributed by atoms with van der Waals surface area (Å²) in [7, 11) is 0. The first-order valence-electron chi connectivity index (χ1n) is 9.71. The zero-order valence-electron chi connectivity index (χ0n) is 15.7. The third-order valence-electron chi connectivity index (χ3n) is 5.10. The Morgan fingerprint density at radius 2 is 2.18 bits per heavy atom. The molecule has 0 bridgehead atoms. The number of anilines is 1. The number of aromatic nitrogens is 2. The van der Waals surface area contributed by atoms with Crippen LogP contribution in [0.2, 0.25) is 0 Å². The van der Waals surface area contributed by atoms with Crippen molar-refractivity contribution in [2.45, 2.75) is 18.7 Å². The Balaban J connectivity index is 1.51. The van der Waals surface area contributed by atoms with E-state index in [2.05, 4.69) is 20.4 Å². The first-order chi connectivity index (χ1) is 13.7. The Morgan fingerprint density at radius 1 is 1.36 bits per heavy atom. The van der Waals surface area contributed by atoms with Crippen LogP contribution in [0.25, 0.3) is 11.3 Å². The van der Waals surface area contributed by atoms with Gasteiger partial charge in [-0.2, -0.15) is 5.10 Å². The van der Waals surface area contributed by atoms with Crippen molar-refractivity contribution < 1.29 is 14.3 Å². The van der Waals surface area contributed by atoms with E-state index in [9.17, 15) is 4.79 Å². The fourth-order valence-corrected chi connectivity index (χ4v) is 3.48. The van der Waals surface area contributed by atoms with Crippen LogP contribution in [-0.4, -0.2) is 60.5 Å². The number of aromatic amines is 1. The summed E-state index contributed by atoms with van der Waals surface area (Å²) in [5.74, 6) is 1.32. The lowest BCUT2D eigenvalue weighted by Gasteiger charge is -2.26. The Morgan fingerprint density at radius 3 is 2.93 bits per heavy atom. The summed E-state index contributed by atoms with van der Waals surface area (Å²) in [6.07, 6.45) is 3.66. The van der Waals surface area contributed by atoms with Gasteiger partial charge >= 0.3 is 0 Å². The van der Waals surface area contributed by atoms with Gasteiger partial charge in [-0.25, -0.2) is 0 Å². The molecule has 1 aromatic carbocycles. The highest BCUT2D eigenvalue weighted by molar-refractivity contribution is 6.17. The van der Waals surface area contributed by atoms with Crippen LogP contribution in [-0.2, 0) is 15.4 Å². The average Bonchev–Trinajstić information content (AvgIpc) is 3.47. The number of alkyl halides is 1. The molecule has 0 atom stereocenters. The van der Waals surface area contributed by atoms with Crippen molar-refractivity contribution >= 4 is 23.2 Å². The number of nitrogens with zero attached hydrogens (tertiary/aromatic N) is 2. The fraction of sp³-hybridized carbons (Fsp3) is 0.500. The van der Waals surface area contributed by atoms with Gasteiger partial charge in [0.25, 0.3) is 0 Å². The summed E-state index contributed by atoms with van der Waals surface area (Å²) < 4.78 is 11.5. The molecule has 0 radical (unpaired) electrons. The normalized spacial score (nSPS) is 17.5. The molecule has 0 unspecified atom stereocenters. The minimum absolute atomic E-state index is 0.0779. The summed E-state index contributed by atoms with van der Waals surface area (Å²) in [6.45, 7) is 4.82. The molecule has 1 aliphatic heterocycles. The molecule has 8 heteroatoms. The van der Waals surface area contributed by atoms with E-state index in [1.165, 1.54) is 0 Å². The highest BCUT2D eigenvalue weighted by atomic mass is 35.5. The van der Waals surface area contributed by atoms with E-state index in [0.29, 0.717) is 12.5 Å². The molecule has 1 aromatic heterocycles. The van der Waals surface area contributed by atoms with E-state index in [1.807, 2.05) is 18.2 Å². The maximum Gasteiger partial charge on any atom is 0.227 e. The minimum atomic E-state index is 0.0779. The SMILES string of the molecule is O=C(Nc1ccc(OCCN2CCOCC2)c(-c2[nH]ncc2CCl)c1)C1CC1. The Bertz CT molecular complexity index is 816. The maximum absolute atomic E-state index is 12.1. The zero-order chi connectivity index (χ0) is 19.3. The quantitative estimate of drug-likeness (QED) is 0.661. The third kappa shape index (κ3) is 4.66. The van der Waals surface area contributed by atoms with E-state index < -0.39 is 0 Å². The second-order valence-corrected chi connectivity index (χ2v) is 7.45. The number of carbonyl (C=O) groups excluding carboxylic acids is 1. The van der Waals surface area contributed by atoms with E-state index >= 15 is 0 Å². The topological polar surface area (TPSA) is 79.5 Å². The number of amides is 1. The smallest absolute Gasteiger partial charge is 0.227 e. The first-order valence-corrected chi connectivity index (χ1v) is 10.2. The van der Waals surface area contributed by atoms with Crippen molar-refractivity contribution in [2.75, 3.05) is 44.8 Å². The van der Waals surface area contributed by atoms with Crippen LogP contribution in [0.1, 0.15) is 18.4 Å².